The van der Waals surface area contributed by atoms with E-state index in [1.807, 2.05) is 4.90 Å². The zero-order valence-electron chi connectivity index (χ0n) is 13.7. The van der Waals surface area contributed by atoms with Crippen LogP contribution in [-0.4, -0.2) is 21.8 Å². The summed E-state index contributed by atoms with van der Waals surface area (Å²) in [6.07, 6.45) is 12.3. The van der Waals surface area contributed by atoms with Crippen molar-refractivity contribution in [2.75, 3.05) is 0 Å². The summed E-state index contributed by atoms with van der Waals surface area (Å²) >= 11 is 5.72. The lowest BCUT2D eigenvalue weighted by Gasteiger charge is -2.31. The number of amides is 1. The van der Waals surface area contributed by atoms with Gasteiger partial charge in [-0.25, -0.2) is 0 Å². The summed E-state index contributed by atoms with van der Waals surface area (Å²) in [5.41, 5.74) is 3.24. The fourth-order valence-electron chi connectivity index (χ4n) is 4.75. The summed E-state index contributed by atoms with van der Waals surface area (Å²) in [5.74, 6) is 0.745. The van der Waals surface area contributed by atoms with Crippen LogP contribution in [0.25, 0.3) is 0 Å². The smallest absolute Gasteiger partial charge is 0.260 e. The third kappa shape index (κ3) is 2.63. The van der Waals surface area contributed by atoms with E-state index >= 15 is 0 Å². The maximum absolute atomic E-state index is 13.2. The SMILES string of the molecule is O=C1c2c(cccc2C2CCCCC2)C(=S)N1C1CCCCC1. The topological polar surface area (TPSA) is 20.3 Å². The molecule has 0 spiro atoms. The van der Waals surface area contributed by atoms with Gasteiger partial charge in [-0.15, -0.1) is 0 Å². The summed E-state index contributed by atoms with van der Waals surface area (Å²) < 4.78 is 0. The van der Waals surface area contributed by atoms with Crippen LogP contribution < -0.4 is 0 Å². The van der Waals surface area contributed by atoms with Crippen molar-refractivity contribution in [1.29, 1.82) is 0 Å². The molecular formula is C20H25NOS. The Morgan fingerprint density at radius 2 is 1.57 bits per heavy atom. The Kier molecular flexibility index (Phi) is 4.23. The second kappa shape index (κ2) is 6.35. The van der Waals surface area contributed by atoms with Gasteiger partial charge >= 0.3 is 0 Å². The fourth-order valence-corrected chi connectivity index (χ4v) is 5.16. The molecule has 0 aromatic heterocycles. The molecule has 0 bridgehead atoms. The molecule has 0 saturated heterocycles. The molecule has 3 heteroatoms. The number of hydrogen-bond acceptors (Lipinski definition) is 2. The van der Waals surface area contributed by atoms with Crippen molar-refractivity contribution < 1.29 is 4.79 Å². The van der Waals surface area contributed by atoms with Gasteiger partial charge in [0.05, 0.1) is 5.56 Å². The van der Waals surface area contributed by atoms with Crippen molar-refractivity contribution >= 4 is 23.1 Å². The average Bonchev–Trinajstić information content (AvgIpc) is 2.88. The number of hydrogen-bond donors (Lipinski definition) is 0. The summed E-state index contributed by atoms with van der Waals surface area (Å²) in [6.45, 7) is 0. The van der Waals surface area contributed by atoms with Gasteiger partial charge in [0.25, 0.3) is 5.91 Å². The van der Waals surface area contributed by atoms with Crippen LogP contribution in [0.2, 0.25) is 0 Å². The monoisotopic (exact) mass is 327 g/mol. The van der Waals surface area contributed by atoms with Crippen LogP contribution in [0.5, 0.6) is 0 Å². The number of fused-ring (bicyclic) bond motifs is 1. The highest BCUT2D eigenvalue weighted by Crippen LogP contribution is 2.39. The highest BCUT2D eigenvalue weighted by Gasteiger charge is 2.39. The molecular weight excluding hydrogens is 302 g/mol. The van der Waals surface area contributed by atoms with Crippen LogP contribution in [0.4, 0.5) is 0 Å². The van der Waals surface area contributed by atoms with Crippen molar-refractivity contribution in [3.8, 4) is 0 Å². The maximum atomic E-state index is 13.2. The van der Waals surface area contributed by atoms with Crippen LogP contribution in [0.15, 0.2) is 18.2 Å². The Morgan fingerprint density at radius 3 is 2.26 bits per heavy atom. The van der Waals surface area contributed by atoms with E-state index in [0.717, 1.165) is 29.0 Å². The van der Waals surface area contributed by atoms with E-state index in [4.69, 9.17) is 12.2 Å². The van der Waals surface area contributed by atoms with Gasteiger partial charge in [-0.1, -0.05) is 68.9 Å². The highest BCUT2D eigenvalue weighted by molar-refractivity contribution is 7.80. The highest BCUT2D eigenvalue weighted by atomic mass is 32.1. The fraction of sp³-hybridized carbons (Fsp3) is 0.600. The molecule has 0 radical (unpaired) electrons. The zero-order valence-corrected chi connectivity index (χ0v) is 14.5. The van der Waals surface area contributed by atoms with E-state index in [9.17, 15) is 4.79 Å². The normalized spacial score (nSPS) is 23.4. The Balaban J connectivity index is 1.69. The lowest BCUT2D eigenvalue weighted by atomic mass is 9.81. The predicted molar refractivity (Wildman–Crippen MR) is 97.0 cm³/mol. The van der Waals surface area contributed by atoms with Gasteiger partial charge in [-0.3, -0.25) is 9.69 Å². The van der Waals surface area contributed by atoms with E-state index in [0.29, 0.717) is 12.0 Å². The standard InChI is InChI=1S/C20H25NOS/c22-19-18-16(14-8-3-1-4-9-14)12-7-13-17(18)20(23)21(19)15-10-5-2-6-11-15/h7,12-15H,1-6,8-11H2. The van der Waals surface area contributed by atoms with Crippen molar-refractivity contribution in [2.24, 2.45) is 0 Å². The average molecular weight is 327 g/mol. The third-order valence-corrected chi connectivity index (χ3v) is 6.38. The maximum Gasteiger partial charge on any atom is 0.260 e. The Morgan fingerprint density at radius 1 is 0.913 bits per heavy atom. The number of carbonyl (C=O) groups excluding carboxylic acids is 1. The third-order valence-electron chi connectivity index (χ3n) is 5.96. The van der Waals surface area contributed by atoms with Crippen LogP contribution in [0, 0.1) is 0 Å². The first-order valence-electron chi connectivity index (χ1n) is 9.28. The molecule has 2 aliphatic carbocycles. The van der Waals surface area contributed by atoms with Gasteiger partial charge in [0, 0.05) is 11.6 Å². The molecule has 122 valence electrons. The molecule has 1 aliphatic heterocycles. The lowest BCUT2D eigenvalue weighted by molar-refractivity contribution is 0.0794. The van der Waals surface area contributed by atoms with Crippen LogP contribution in [0.3, 0.4) is 0 Å². The molecule has 1 aromatic carbocycles. The van der Waals surface area contributed by atoms with Crippen molar-refractivity contribution in [2.45, 2.75) is 76.2 Å². The summed E-state index contributed by atoms with van der Waals surface area (Å²) in [6, 6.07) is 6.67. The van der Waals surface area contributed by atoms with E-state index < -0.39 is 0 Å². The molecule has 0 atom stereocenters. The van der Waals surface area contributed by atoms with Crippen LogP contribution >= 0.6 is 12.2 Å². The summed E-state index contributed by atoms with van der Waals surface area (Å²) in [4.78, 5) is 16.0. The van der Waals surface area contributed by atoms with Crippen molar-refractivity contribution in [3.63, 3.8) is 0 Å². The number of nitrogens with zero attached hydrogens (tertiary/aromatic N) is 1. The van der Waals surface area contributed by atoms with Crippen molar-refractivity contribution in [1.82, 2.24) is 4.90 Å². The molecule has 2 fully saturated rings. The molecule has 23 heavy (non-hydrogen) atoms. The Hall–Kier alpha value is -1.22. The van der Waals surface area contributed by atoms with E-state index in [-0.39, 0.29) is 5.91 Å². The van der Waals surface area contributed by atoms with Gasteiger partial charge in [0.2, 0.25) is 0 Å². The number of thiocarbonyl (C=S) groups is 1. The summed E-state index contributed by atoms with van der Waals surface area (Å²) in [5, 5.41) is 0. The Labute approximate surface area is 144 Å². The first-order valence-corrected chi connectivity index (χ1v) is 9.69. The molecule has 1 heterocycles. The van der Waals surface area contributed by atoms with E-state index in [2.05, 4.69) is 18.2 Å². The number of benzene rings is 1. The lowest BCUT2D eigenvalue weighted by Crippen LogP contribution is -2.40. The molecule has 2 nitrogen and oxygen atoms in total. The minimum absolute atomic E-state index is 0.193. The van der Waals surface area contributed by atoms with Gasteiger partial charge in [0.1, 0.15) is 4.99 Å². The molecule has 4 rings (SSSR count). The molecule has 0 N–H and O–H groups in total. The molecule has 1 aromatic rings. The largest absolute Gasteiger partial charge is 0.295 e. The second-order valence-electron chi connectivity index (χ2n) is 7.38. The zero-order chi connectivity index (χ0) is 15.8. The minimum Gasteiger partial charge on any atom is -0.295 e. The summed E-state index contributed by atoms with van der Waals surface area (Å²) in [7, 11) is 0. The van der Waals surface area contributed by atoms with Crippen molar-refractivity contribution in [3.05, 3.63) is 34.9 Å². The predicted octanol–water partition coefficient (Wildman–Crippen LogP) is 5.20. The van der Waals surface area contributed by atoms with Crippen LogP contribution in [0.1, 0.15) is 91.6 Å². The number of carbonyl (C=O) groups is 1. The van der Waals surface area contributed by atoms with Gasteiger partial charge in [0.15, 0.2) is 0 Å². The molecule has 1 amide bonds. The molecule has 2 saturated carbocycles. The first-order chi connectivity index (χ1) is 11.3. The quantitative estimate of drug-likeness (QED) is 0.696. The van der Waals surface area contributed by atoms with Crippen LogP contribution in [-0.2, 0) is 0 Å². The van der Waals surface area contributed by atoms with Gasteiger partial charge < -0.3 is 0 Å². The second-order valence-corrected chi connectivity index (χ2v) is 7.76. The molecule has 0 unspecified atom stereocenters. The van der Waals surface area contributed by atoms with Gasteiger partial charge in [-0.05, 0) is 37.2 Å². The van der Waals surface area contributed by atoms with E-state index in [1.54, 1.807) is 0 Å². The number of rotatable bonds is 2. The molecule has 3 aliphatic rings. The van der Waals surface area contributed by atoms with E-state index in [1.165, 1.54) is 56.9 Å². The first kappa shape index (κ1) is 15.3. The Bertz CT molecular complexity index is 627. The minimum atomic E-state index is 0.193. The van der Waals surface area contributed by atoms with Gasteiger partial charge in [-0.2, -0.15) is 0 Å².